The predicted molar refractivity (Wildman–Crippen MR) is 233 cm³/mol. The molecular weight excluding hydrogens is 785 g/mol. The van der Waals surface area contributed by atoms with Gasteiger partial charge in [0.05, 0.1) is 42.7 Å². The van der Waals surface area contributed by atoms with E-state index in [1.165, 1.54) is 7.11 Å². The molecule has 16 heteroatoms. The molecule has 61 heavy (non-hydrogen) atoms. The molecule has 0 radical (unpaired) electrons. The average molecular weight is 857 g/mol. The summed E-state index contributed by atoms with van der Waals surface area (Å²) in [6.45, 7) is 14.1. The second kappa shape index (κ2) is 23.7. The third kappa shape index (κ3) is 13.3. The third-order valence-corrected chi connectivity index (χ3v) is 12.5. The topological polar surface area (TPSA) is 211 Å². The largest absolute Gasteiger partial charge is 0.481 e. The van der Waals surface area contributed by atoms with Crippen LogP contribution in [-0.2, 0) is 44.7 Å². The minimum Gasteiger partial charge on any atom is -0.481 e. The van der Waals surface area contributed by atoms with Gasteiger partial charge >= 0.3 is 11.9 Å². The van der Waals surface area contributed by atoms with Crippen molar-refractivity contribution in [2.24, 2.45) is 23.7 Å². The molecule has 2 heterocycles. The number of carbonyl (C=O) groups excluding carboxylic acids is 4. The summed E-state index contributed by atoms with van der Waals surface area (Å²) in [5.74, 6) is -4.91. The first kappa shape index (κ1) is 51.0. The lowest BCUT2D eigenvalue weighted by Gasteiger charge is -2.43. The Hall–Kier alpha value is -4.38. The van der Waals surface area contributed by atoms with Crippen molar-refractivity contribution < 1.29 is 48.5 Å². The fraction of sp³-hybridized carbons (Fsp3) is 0.689. The van der Waals surface area contributed by atoms with Gasteiger partial charge in [-0.2, -0.15) is 0 Å². The number of carboxylic acid groups (broad SMARTS) is 2. The Balaban J connectivity index is 1.78. The summed E-state index contributed by atoms with van der Waals surface area (Å²) in [5, 5.41) is 25.5. The molecule has 0 bridgehead atoms. The van der Waals surface area contributed by atoms with Crippen LogP contribution >= 0.6 is 0 Å². The highest BCUT2D eigenvalue weighted by atomic mass is 16.5. The third-order valence-electron chi connectivity index (χ3n) is 12.5. The molecule has 0 saturated carbocycles. The van der Waals surface area contributed by atoms with Crippen LogP contribution in [0.4, 0.5) is 0 Å². The van der Waals surface area contributed by atoms with Gasteiger partial charge in [0.25, 0.3) is 0 Å². The van der Waals surface area contributed by atoms with E-state index in [1.54, 1.807) is 37.1 Å². The summed E-state index contributed by atoms with van der Waals surface area (Å²) in [5.41, 5.74) is 1.64. The van der Waals surface area contributed by atoms with Crippen molar-refractivity contribution in [3.8, 4) is 0 Å². The van der Waals surface area contributed by atoms with Crippen LogP contribution in [0.3, 0.4) is 0 Å². The predicted octanol–water partition coefficient (Wildman–Crippen LogP) is 4.16. The number of nitrogens with zero attached hydrogens (tertiary/aromatic N) is 3. The number of ether oxygens (including phenoxy) is 2. The second-order valence-corrected chi connectivity index (χ2v) is 17.5. The Morgan fingerprint density at radius 2 is 1.56 bits per heavy atom. The SMILES string of the molecule is CC[C@H](C)[C@@H]([C@@H](CC(=O)N1CCC[C@H]1[C@H](OC)[C@@H](C)C(=O)N[C@@H](Cc1c[nH]c2ccccc12)C(=O)O)OC)N(C)[C@H](C(=O)NC(=O)[C@H](C(C)C)N(C)CCCC(=O)O)C(C)C. The number of likely N-dealkylation sites (tertiary alicyclic amines) is 1. The molecule has 4 amide bonds. The van der Waals surface area contributed by atoms with Gasteiger partial charge in [-0.15, -0.1) is 0 Å². The van der Waals surface area contributed by atoms with E-state index in [0.717, 1.165) is 16.5 Å². The molecule has 1 aromatic heterocycles. The number of benzene rings is 1. The first-order valence-corrected chi connectivity index (χ1v) is 21.7. The van der Waals surface area contributed by atoms with Gasteiger partial charge in [0, 0.05) is 56.7 Å². The van der Waals surface area contributed by atoms with Gasteiger partial charge in [-0.05, 0) is 69.3 Å². The summed E-state index contributed by atoms with van der Waals surface area (Å²) in [6.07, 6.45) is 2.77. The lowest BCUT2D eigenvalue weighted by molar-refractivity contribution is -0.146. The standard InChI is InChI=1S/C45H72N6O10/c1-12-28(6)40(50(9)39(27(4)5)44(57)48-43(56)38(26(2)3)49(8)21-16-20-37(53)54)35(60-10)24-36(52)51-22-15-19-34(51)41(61-11)29(7)42(55)47-33(45(58)59)23-30-25-46-32-18-14-13-17-31(30)32/h13-14,17-18,25-29,33-35,38-41,46H,12,15-16,19-24H2,1-11H3,(H,47,55)(H,53,54)(H,58,59)(H,48,56,57)/t28-,29+,33-,34-,35+,38-,39-,40-,41+/m0/s1. The zero-order chi connectivity index (χ0) is 45.7. The molecule has 0 unspecified atom stereocenters. The number of H-pyrrole nitrogens is 1. The smallest absolute Gasteiger partial charge is 0.326 e. The van der Waals surface area contributed by atoms with E-state index in [-0.39, 0.29) is 42.9 Å². The number of carboxylic acids is 2. The van der Waals surface area contributed by atoms with Gasteiger partial charge in [-0.25, -0.2) is 4.79 Å². The molecule has 342 valence electrons. The average Bonchev–Trinajstić information content (AvgIpc) is 3.84. The van der Waals surface area contributed by atoms with Crippen LogP contribution in [0, 0.1) is 23.7 Å². The zero-order valence-electron chi connectivity index (χ0n) is 38.1. The molecular formula is C45H72N6O10. The minimum atomic E-state index is -1.19. The molecule has 1 aliphatic rings. The molecule has 1 aromatic carbocycles. The number of methoxy groups -OCH3 is 2. The first-order valence-electron chi connectivity index (χ1n) is 21.7. The van der Waals surface area contributed by atoms with E-state index in [2.05, 4.69) is 15.6 Å². The van der Waals surface area contributed by atoms with Gasteiger partial charge in [-0.3, -0.25) is 39.1 Å². The van der Waals surface area contributed by atoms with Gasteiger partial charge in [0.1, 0.15) is 6.04 Å². The maximum atomic E-state index is 14.4. The van der Waals surface area contributed by atoms with Crippen LogP contribution in [0.15, 0.2) is 30.5 Å². The number of rotatable bonds is 25. The zero-order valence-corrected chi connectivity index (χ0v) is 38.1. The molecule has 16 nitrogen and oxygen atoms in total. The molecule has 9 atom stereocenters. The highest BCUT2D eigenvalue weighted by Crippen LogP contribution is 2.31. The number of para-hydroxylation sites is 1. The van der Waals surface area contributed by atoms with Gasteiger partial charge < -0.3 is 34.9 Å². The molecule has 2 aromatic rings. The quantitative estimate of drug-likeness (QED) is 0.0954. The summed E-state index contributed by atoms with van der Waals surface area (Å²) in [6, 6.07) is 4.08. The molecule has 0 aliphatic carbocycles. The number of fused-ring (bicyclic) bond motifs is 1. The number of aromatic nitrogens is 1. The first-order chi connectivity index (χ1) is 28.8. The maximum Gasteiger partial charge on any atom is 0.326 e. The number of imide groups is 1. The van der Waals surface area contributed by atoms with E-state index < -0.39 is 78.0 Å². The van der Waals surface area contributed by atoms with Crippen molar-refractivity contribution in [1.29, 1.82) is 0 Å². The van der Waals surface area contributed by atoms with Gasteiger partial charge in [0.2, 0.25) is 23.6 Å². The monoisotopic (exact) mass is 857 g/mol. The Bertz CT molecular complexity index is 1780. The number of aromatic amines is 1. The van der Waals surface area contributed by atoms with Gasteiger partial charge in [0.15, 0.2) is 0 Å². The highest BCUT2D eigenvalue weighted by Gasteiger charge is 2.44. The van der Waals surface area contributed by atoms with E-state index in [1.807, 2.05) is 77.8 Å². The number of amides is 4. The van der Waals surface area contributed by atoms with E-state index in [4.69, 9.17) is 14.6 Å². The highest BCUT2D eigenvalue weighted by molar-refractivity contribution is 6.00. The Kier molecular flexibility index (Phi) is 19.8. The lowest BCUT2D eigenvalue weighted by Crippen LogP contribution is -2.60. The van der Waals surface area contributed by atoms with E-state index in [9.17, 15) is 33.9 Å². The van der Waals surface area contributed by atoms with Crippen molar-refractivity contribution in [2.45, 2.75) is 136 Å². The summed E-state index contributed by atoms with van der Waals surface area (Å²) in [4.78, 5) is 87.9. The van der Waals surface area contributed by atoms with Crippen molar-refractivity contribution in [1.82, 2.24) is 30.3 Å². The fourth-order valence-corrected chi connectivity index (χ4v) is 9.26. The Morgan fingerprint density at radius 1 is 0.918 bits per heavy atom. The van der Waals surface area contributed by atoms with Crippen molar-refractivity contribution in [3.63, 3.8) is 0 Å². The van der Waals surface area contributed by atoms with E-state index in [0.29, 0.717) is 38.8 Å². The molecule has 3 rings (SSSR count). The molecule has 5 N–H and O–H groups in total. The number of carbonyl (C=O) groups is 6. The van der Waals surface area contributed by atoms with Crippen LogP contribution < -0.4 is 10.6 Å². The Labute approximate surface area is 361 Å². The second-order valence-electron chi connectivity index (χ2n) is 17.5. The van der Waals surface area contributed by atoms with Crippen LogP contribution in [0.2, 0.25) is 0 Å². The number of likely N-dealkylation sites (N-methyl/N-ethyl adjacent to an activating group) is 2. The summed E-state index contributed by atoms with van der Waals surface area (Å²) >= 11 is 0. The maximum absolute atomic E-state index is 14.4. The minimum absolute atomic E-state index is 0.0169. The molecule has 1 saturated heterocycles. The van der Waals surface area contributed by atoms with Crippen molar-refractivity contribution in [2.75, 3.05) is 41.4 Å². The number of nitrogens with one attached hydrogen (secondary N) is 3. The molecule has 1 aliphatic heterocycles. The normalized spacial score (nSPS) is 18.5. The van der Waals surface area contributed by atoms with Crippen LogP contribution in [0.1, 0.15) is 92.6 Å². The molecule has 1 fully saturated rings. The number of hydrogen-bond acceptors (Lipinski definition) is 10. The van der Waals surface area contributed by atoms with Crippen molar-refractivity contribution in [3.05, 3.63) is 36.0 Å². The number of hydrogen-bond donors (Lipinski definition) is 5. The van der Waals surface area contributed by atoms with E-state index >= 15 is 0 Å². The fourth-order valence-electron chi connectivity index (χ4n) is 9.26. The Morgan fingerprint density at radius 3 is 2.13 bits per heavy atom. The van der Waals surface area contributed by atoms with Gasteiger partial charge in [-0.1, -0.05) is 73.1 Å². The van der Waals surface area contributed by atoms with Crippen LogP contribution in [-0.4, -0.2) is 149 Å². The number of aliphatic carboxylic acids is 2. The summed E-state index contributed by atoms with van der Waals surface area (Å²) < 4.78 is 12.0. The summed E-state index contributed by atoms with van der Waals surface area (Å²) in [7, 11) is 6.61. The molecule has 0 spiro atoms. The lowest BCUT2D eigenvalue weighted by atomic mass is 9.87. The van der Waals surface area contributed by atoms with Crippen molar-refractivity contribution >= 4 is 46.5 Å². The van der Waals surface area contributed by atoms with Crippen LogP contribution in [0.25, 0.3) is 10.9 Å². The van der Waals surface area contributed by atoms with Crippen LogP contribution in [0.5, 0.6) is 0 Å².